The predicted molar refractivity (Wildman–Crippen MR) is 108 cm³/mol. The average molecular weight is 414 g/mol. The Balaban J connectivity index is 1.54. The van der Waals surface area contributed by atoms with Crippen LogP contribution in [0.25, 0.3) is 0 Å². The summed E-state index contributed by atoms with van der Waals surface area (Å²) in [5.74, 6) is 0.446. The molecule has 0 aliphatic carbocycles. The molecule has 1 aliphatic heterocycles. The van der Waals surface area contributed by atoms with Crippen LogP contribution >= 0.6 is 0 Å². The Morgan fingerprint density at radius 1 is 0.931 bits per heavy atom. The Morgan fingerprint density at radius 3 is 2.34 bits per heavy atom. The van der Waals surface area contributed by atoms with Crippen LogP contribution in [-0.4, -0.2) is 22.5 Å². The minimum absolute atomic E-state index is 0.159. The molecule has 0 amide bonds. The summed E-state index contributed by atoms with van der Waals surface area (Å²) in [5.41, 5.74) is 1.32. The van der Waals surface area contributed by atoms with Crippen molar-refractivity contribution in [3.05, 3.63) is 78.1 Å². The van der Waals surface area contributed by atoms with Crippen LogP contribution in [0.2, 0.25) is 0 Å². The summed E-state index contributed by atoms with van der Waals surface area (Å²) in [6.45, 7) is 0. The van der Waals surface area contributed by atoms with Gasteiger partial charge in [-0.2, -0.15) is 0 Å². The third-order valence-corrected chi connectivity index (χ3v) is 5.84. The van der Waals surface area contributed by atoms with Crippen LogP contribution in [0.3, 0.4) is 0 Å². The molecule has 8 heteroatoms. The third-order valence-electron chi connectivity index (χ3n) is 4.44. The largest absolute Gasteiger partial charge is 0.447 e. The minimum atomic E-state index is -3.72. The second kappa shape index (κ2) is 7.29. The van der Waals surface area contributed by atoms with Crippen molar-refractivity contribution in [2.24, 2.45) is 0 Å². The van der Waals surface area contributed by atoms with Crippen LogP contribution in [0, 0.1) is 5.82 Å². The summed E-state index contributed by atoms with van der Waals surface area (Å²) >= 11 is 0. The highest BCUT2D eigenvalue weighted by Gasteiger charge is 2.27. The molecule has 6 nitrogen and oxygen atoms in total. The molecule has 1 unspecified atom stereocenters. The van der Waals surface area contributed by atoms with Gasteiger partial charge in [0, 0.05) is 25.7 Å². The molecule has 1 aliphatic rings. The van der Waals surface area contributed by atoms with Crippen LogP contribution in [0.5, 0.6) is 11.5 Å². The van der Waals surface area contributed by atoms with E-state index in [1.54, 1.807) is 67.5 Å². The molecule has 0 aromatic heterocycles. The molecule has 0 fully saturated rings. The lowest BCUT2D eigenvalue weighted by Gasteiger charge is -2.16. The van der Waals surface area contributed by atoms with Gasteiger partial charge in [0.2, 0.25) is 0 Å². The summed E-state index contributed by atoms with van der Waals surface area (Å²) in [6.07, 6.45) is -0.809. The van der Waals surface area contributed by atoms with Gasteiger partial charge in [-0.15, -0.1) is 0 Å². The summed E-state index contributed by atoms with van der Waals surface area (Å²) in [7, 11) is -0.199. The smallest absolute Gasteiger partial charge is 0.268 e. The highest BCUT2D eigenvalue weighted by atomic mass is 32.2. The lowest BCUT2D eigenvalue weighted by Crippen LogP contribution is -2.13. The van der Waals surface area contributed by atoms with Gasteiger partial charge in [0.1, 0.15) is 5.82 Å². The quantitative estimate of drug-likeness (QED) is 0.679. The maximum atomic E-state index is 14.3. The molecule has 0 radical (unpaired) electrons. The topological polar surface area (TPSA) is 67.9 Å². The third kappa shape index (κ3) is 3.84. The van der Waals surface area contributed by atoms with Gasteiger partial charge in [-0.1, -0.05) is 18.2 Å². The van der Waals surface area contributed by atoms with Gasteiger partial charge in [-0.05, 0) is 42.5 Å². The van der Waals surface area contributed by atoms with Gasteiger partial charge in [-0.3, -0.25) is 4.72 Å². The predicted octanol–water partition coefficient (Wildman–Crippen LogP) is 4.16. The molecule has 0 saturated heterocycles. The van der Waals surface area contributed by atoms with E-state index in [9.17, 15) is 12.8 Å². The molecule has 1 atom stereocenters. The summed E-state index contributed by atoms with van der Waals surface area (Å²) in [6, 6.07) is 17.6. The van der Waals surface area contributed by atoms with Crippen LogP contribution in [0.15, 0.2) is 71.6 Å². The first-order valence-electron chi connectivity index (χ1n) is 8.85. The molecule has 29 heavy (non-hydrogen) atoms. The number of hydrogen-bond acceptors (Lipinski definition) is 5. The summed E-state index contributed by atoms with van der Waals surface area (Å²) in [5, 5.41) is 0. The van der Waals surface area contributed by atoms with Crippen LogP contribution in [0.1, 0.15) is 11.9 Å². The van der Waals surface area contributed by atoms with E-state index in [1.807, 2.05) is 0 Å². The SMILES string of the molecule is CN(C)c1ccc(C2Oc3ccc(NS(=O)(=O)c4ccccc4)cc3O2)cc1F. The lowest BCUT2D eigenvalue weighted by atomic mass is 10.2. The fraction of sp³-hybridized carbons (Fsp3) is 0.143. The van der Waals surface area contributed by atoms with Gasteiger partial charge in [0.25, 0.3) is 16.3 Å². The standard InChI is InChI=1S/C21H19FN2O4S/c1-24(2)18-10-8-14(12-17(18)22)21-27-19-11-9-15(13-20(19)28-21)23-29(25,26)16-6-4-3-5-7-16/h3-13,21,23H,1-2H3. The van der Waals surface area contributed by atoms with E-state index >= 15 is 0 Å². The molecule has 0 saturated carbocycles. The molecule has 1 heterocycles. The number of anilines is 2. The van der Waals surface area contributed by atoms with E-state index in [2.05, 4.69) is 4.72 Å². The van der Waals surface area contributed by atoms with Crippen LogP contribution in [0.4, 0.5) is 15.8 Å². The Kier molecular flexibility index (Phi) is 4.79. The van der Waals surface area contributed by atoms with Gasteiger partial charge < -0.3 is 14.4 Å². The molecule has 3 aromatic rings. The zero-order valence-corrected chi connectivity index (χ0v) is 16.6. The first-order chi connectivity index (χ1) is 13.8. The number of sulfonamides is 1. The molecule has 3 aromatic carbocycles. The van der Waals surface area contributed by atoms with Gasteiger partial charge >= 0.3 is 0 Å². The van der Waals surface area contributed by atoms with Crippen molar-refractivity contribution in [3.8, 4) is 11.5 Å². The maximum absolute atomic E-state index is 14.3. The monoisotopic (exact) mass is 414 g/mol. The fourth-order valence-corrected chi connectivity index (χ4v) is 4.07. The number of rotatable bonds is 5. The van der Waals surface area contributed by atoms with Crippen molar-refractivity contribution in [1.82, 2.24) is 0 Å². The minimum Gasteiger partial charge on any atom is -0.447 e. The first kappa shape index (κ1) is 19.1. The normalized spacial score (nSPS) is 15.2. The number of halogens is 1. The highest BCUT2D eigenvalue weighted by molar-refractivity contribution is 7.92. The maximum Gasteiger partial charge on any atom is 0.268 e. The Labute approximate surface area is 168 Å². The Morgan fingerprint density at radius 2 is 1.66 bits per heavy atom. The number of hydrogen-bond donors (Lipinski definition) is 1. The van der Waals surface area contributed by atoms with Crippen molar-refractivity contribution in [2.45, 2.75) is 11.2 Å². The van der Waals surface area contributed by atoms with E-state index in [4.69, 9.17) is 9.47 Å². The van der Waals surface area contributed by atoms with E-state index < -0.39 is 16.3 Å². The number of nitrogens with zero attached hydrogens (tertiary/aromatic N) is 1. The number of ether oxygens (including phenoxy) is 2. The highest BCUT2D eigenvalue weighted by Crippen LogP contribution is 2.42. The van der Waals surface area contributed by atoms with Crippen molar-refractivity contribution in [1.29, 1.82) is 0 Å². The lowest BCUT2D eigenvalue weighted by molar-refractivity contribution is 0.0485. The van der Waals surface area contributed by atoms with Gasteiger partial charge in [0.15, 0.2) is 11.5 Å². The van der Waals surface area contributed by atoms with E-state index in [0.29, 0.717) is 28.4 Å². The Hall–Kier alpha value is -3.26. The molecular weight excluding hydrogens is 395 g/mol. The molecule has 1 N–H and O–H groups in total. The van der Waals surface area contributed by atoms with Gasteiger partial charge in [-0.25, -0.2) is 12.8 Å². The summed E-state index contributed by atoms with van der Waals surface area (Å²) < 4.78 is 53.3. The van der Waals surface area contributed by atoms with Crippen LogP contribution < -0.4 is 19.1 Å². The average Bonchev–Trinajstić information content (AvgIpc) is 3.11. The number of fused-ring (bicyclic) bond motifs is 1. The number of nitrogens with one attached hydrogen (secondary N) is 1. The second-order valence-electron chi connectivity index (χ2n) is 6.75. The summed E-state index contributed by atoms with van der Waals surface area (Å²) in [4.78, 5) is 1.84. The first-order valence-corrected chi connectivity index (χ1v) is 10.3. The van der Waals surface area contributed by atoms with E-state index in [-0.39, 0.29) is 10.7 Å². The number of benzene rings is 3. The van der Waals surface area contributed by atoms with Gasteiger partial charge in [0.05, 0.1) is 16.3 Å². The van der Waals surface area contributed by atoms with Crippen molar-refractivity contribution < 1.29 is 22.3 Å². The van der Waals surface area contributed by atoms with Crippen molar-refractivity contribution in [2.75, 3.05) is 23.7 Å². The van der Waals surface area contributed by atoms with Crippen LogP contribution in [-0.2, 0) is 10.0 Å². The molecular formula is C21H19FN2O4S. The molecule has 0 spiro atoms. The molecule has 4 rings (SSSR count). The van der Waals surface area contributed by atoms with Crippen molar-refractivity contribution >= 4 is 21.4 Å². The zero-order valence-electron chi connectivity index (χ0n) is 15.8. The zero-order chi connectivity index (χ0) is 20.6. The molecule has 150 valence electrons. The second-order valence-corrected chi connectivity index (χ2v) is 8.44. The van der Waals surface area contributed by atoms with Crippen molar-refractivity contribution in [3.63, 3.8) is 0 Å². The fourth-order valence-electron chi connectivity index (χ4n) is 3.00. The van der Waals surface area contributed by atoms with E-state index in [1.165, 1.54) is 18.2 Å². The Bertz CT molecular complexity index is 1150. The molecule has 0 bridgehead atoms. The van der Waals surface area contributed by atoms with E-state index in [0.717, 1.165) is 0 Å².